The zero-order chi connectivity index (χ0) is 16.2. The van der Waals surface area contributed by atoms with Gasteiger partial charge in [-0.1, -0.05) is 12.8 Å². The summed E-state index contributed by atoms with van der Waals surface area (Å²) in [5, 5.41) is 0. The Labute approximate surface area is 130 Å². The average molecular weight is 328 g/mol. The molecular weight excluding hydrogens is 307 g/mol. The number of aryl methyl sites for hydroxylation is 1. The van der Waals surface area contributed by atoms with Crippen molar-refractivity contribution in [1.29, 1.82) is 0 Å². The quantitative estimate of drug-likeness (QED) is 0.917. The van der Waals surface area contributed by atoms with Gasteiger partial charge in [0.2, 0.25) is 15.9 Å². The lowest BCUT2D eigenvalue weighted by Gasteiger charge is -2.20. The van der Waals surface area contributed by atoms with Crippen LogP contribution in [0.5, 0.6) is 0 Å². The molecule has 22 heavy (non-hydrogen) atoms. The van der Waals surface area contributed by atoms with Gasteiger partial charge in [0.15, 0.2) is 0 Å². The van der Waals surface area contributed by atoms with Gasteiger partial charge in [0.1, 0.15) is 5.82 Å². The summed E-state index contributed by atoms with van der Waals surface area (Å²) >= 11 is 0. The lowest BCUT2D eigenvalue weighted by Crippen LogP contribution is -2.40. The third-order valence-corrected chi connectivity index (χ3v) is 5.21. The highest BCUT2D eigenvalue weighted by molar-refractivity contribution is 7.89. The largest absolute Gasteiger partial charge is 0.342 e. The summed E-state index contributed by atoms with van der Waals surface area (Å²) in [6.07, 6.45) is 4.11. The average Bonchev–Trinajstić information content (AvgIpc) is 2.76. The van der Waals surface area contributed by atoms with Gasteiger partial charge in [-0.2, -0.15) is 0 Å². The van der Waals surface area contributed by atoms with Crippen LogP contribution in [0, 0.1) is 12.7 Å². The summed E-state index contributed by atoms with van der Waals surface area (Å²) in [5.41, 5.74) is 0.252. The molecule has 0 atom stereocenters. The first kappa shape index (κ1) is 16.9. The molecule has 1 saturated heterocycles. The second kappa shape index (κ2) is 7.19. The minimum atomic E-state index is -3.81. The standard InChI is InChI=1S/C15H21FN2O3S/c1-12-10-13(6-7-14(12)16)22(20,21)17-11-15(19)18-8-4-2-3-5-9-18/h6-7,10,17H,2-5,8-9,11H2,1H3. The molecule has 0 bridgehead atoms. The van der Waals surface area contributed by atoms with Crippen LogP contribution in [0.25, 0.3) is 0 Å². The number of benzene rings is 1. The molecular formula is C15H21FN2O3S. The van der Waals surface area contributed by atoms with E-state index in [0.29, 0.717) is 13.1 Å². The molecule has 1 aliphatic heterocycles. The Balaban J connectivity index is 1.99. The smallest absolute Gasteiger partial charge is 0.241 e. The normalized spacial score (nSPS) is 16.4. The van der Waals surface area contributed by atoms with Crippen molar-refractivity contribution < 1.29 is 17.6 Å². The zero-order valence-electron chi connectivity index (χ0n) is 12.6. The maximum atomic E-state index is 13.2. The predicted molar refractivity (Wildman–Crippen MR) is 81.4 cm³/mol. The van der Waals surface area contributed by atoms with Gasteiger partial charge in [0.25, 0.3) is 0 Å². The minimum absolute atomic E-state index is 0.0323. The molecule has 0 spiro atoms. The summed E-state index contributed by atoms with van der Waals surface area (Å²) in [6, 6.07) is 3.57. The lowest BCUT2D eigenvalue weighted by atomic mass is 10.2. The number of likely N-dealkylation sites (tertiary alicyclic amines) is 1. The van der Waals surface area contributed by atoms with Crippen molar-refractivity contribution in [3.8, 4) is 0 Å². The van der Waals surface area contributed by atoms with Gasteiger partial charge in [0, 0.05) is 13.1 Å². The van der Waals surface area contributed by atoms with Crippen LogP contribution in [0.3, 0.4) is 0 Å². The molecule has 2 rings (SSSR count). The number of amides is 1. The van der Waals surface area contributed by atoms with Gasteiger partial charge >= 0.3 is 0 Å². The van der Waals surface area contributed by atoms with Crippen molar-refractivity contribution in [3.63, 3.8) is 0 Å². The molecule has 1 N–H and O–H groups in total. The SMILES string of the molecule is Cc1cc(S(=O)(=O)NCC(=O)N2CCCCCC2)ccc1F. The van der Waals surface area contributed by atoms with E-state index in [1.54, 1.807) is 4.90 Å². The van der Waals surface area contributed by atoms with Crippen molar-refractivity contribution in [1.82, 2.24) is 9.62 Å². The maximum absolute atomic E-state index is 13.2. The molecule has 1 aromatic carbocycles. The molecule has 0 unspecified atom stereocenters. The summed E-state index contributed by atoms with van der Waals surface area (Å²) in [5.74, 6) is -0.677. The van der Waals surface area contributed by atoms with E-state index in [1.165, 1.54) is 19.1 Å². The van der Waals surface area contributed by atoms with Crippen LogP contribution in [0.1, 0.15) is 31.2 Å². The Bertz CT molecular complexity index is 638. The van der Waals surface area contributed by atoms with Crippen molar-refractivity contribution in [2.75, 3.05) is 19.6 Å². The van der Waals surface area contributed by atoms with Crippen LogP contribution >= 0.6 is 0 Å². The summed E-state index contributed by atoms with van der Waals surface area (Å²) < 4.78 is 39.8. The number of hydrogen-bond donors (Lipinski definition) is 1. The van der Waals surface area contributed by atoms with E-state index in [-0.39, 0.29) is 22.9 Å². The van der Waals surface area contributed by atoms with Crippen LogP contribution in [0.4, 0.5) is 4.39 Å². The lowest BCUT2D eigenvalue weighted by molar-refractivity contribution is -0.129. The molecule has 7 heteroatoms. The molecule has 0 aliphatic carbocycles. The number of rotatable bonds is 4. The van der Waals surface area contributed by atoms with Gasteiger partial charge in [-0.3, -0.25) is 4.79 Å². The highest BCUT2D eigenvalue weighted by Crippen LogP contribution is 2.14. The molecule has 1 aromatic rings. The van der Waals surface area contributed by atoms with Crippen molar-refractivity contribution in [3.05, 3.63) is 29.6 Å². The second-order valence-electron chi connectivity index (χ2n) is 5.53. The Morgan fingerprint density at radius 3 is 2.45 bits per heavy atom. The van der Waals surface area contributed by atoms with E-state index < -0.39 is 15.8 Å². The molecule has 5 nitrogen and oxygen atoms in total. The topological polar surface area (TPSA) is 66.5 Å². The number of nitrogens with zero attached hydrogens (tertiary/aromatic N) is 1. The van der Waals surface area contributed by atoms with E-state index in [0.717, 1.165) is 31.7 Å². The monoisotopic (exact) mass is 328 g/mol. The fourth-order valence-electron chi connectivity index (χ4n) is 2.46. The van der Waals surface area contributed by atoms with Crippen LogP contribution < -0.4 is 4.72 Å². The van der Waals surface area contributed by atoms with Crippen molar-refractivity contribution in [2.45, 2.75) is 37.5 Å². The van der Waals surface area contributed by atoms with Crippen molar-refractivity contribution in [2.24, 2.45) is 0 Å². The van der Waals surface area contributed by atoms with Gasteiger partial charge < -0.3 is 4.90 Å². The third kappa shape index (κ3) is 4.27. The second-order valence-corrected chi connectivity index (χ2v) is 7.30. The third-order valence-electron chi connectivity index (χ3n) is 3.81. The molecule has 0 saturated carbocycles. The van der Waals surface area contributed by atoms with Crippen molar-refractivity contribution >= 4 is 15.9 Å². The fraction of sp³-hybridized carbons (Fsp3) is 0.533. The Morgan fingerprint density at radius 2 is 1.86 bits per heavy atom. The van der Waals surface area contributed by atoms with E-state index in [4.69, 9.17) is 0 Å². The molecule has 0 aromatic heterocycles. The number of carbonyl (C=O) groups is 1. The van der Waals surface area contributed by atoms with E-state index in [1.807, 2.05) is 0 Å². The molecule has 1 heterocycles. The first-order valence-electron chi connectivity index (χ1n) is 7.44. The number of halogens is 1. The fourth-order valence-corrected chi connectivity index (χ4v) is 3.52. The number of carbonyl (C=O) groups excluding carboxylic acids is 1. The maximum Gasteiger partial charge on any atom is 0.241 e. The molecule has 0 radical (unpaired) electrons. The van der Waals surface area contributed by atoms with E-state index >= 15 is 0 Å². The summed E-state index contributed by atoms with van der Waals surface area (Å²) in [4.78, 5) is 13.8. The van der Waals surface area contributed by atoms with Crippen LogP contribution in [-0.4, -0.2) is 38.9 Å². The Hall–Kier alpha value is -1.47. The first-order valence-corrected chi connectivity index (χ1v) is 8.92. The van der Waals surface area contributed by atoms with Gasteiger partial charge in [-0.15, -0.1) is 0 Å². The first-order chi connectivity index (χ1) is 10.4. The number of nitrogens with one attached hydrogen (secondary N) is 1. The van der Waals surface area contributed by atoms with Crippen LogP contribution in [0.15, 0.2) is 23.1 Å². The van der Waals surface area contributed by atoms with Gasteiger partial charge in [0.05, 0.1) is 11.4 Å². The highest BCUT2D eigenvalue weighted by Gasteiger charge is 2.20. The van der Waals surface area contributed by atoms with Crippen LogP contribution in [-0.2, 0) is 14.8 Å². The number of hydrogen-bond acceptors (Lipinski definition) is 3. The van der Waals surface area contributed by atoms with E-state index in [9.17, 15) is 17.6 Å². The Kier molecular flexibility index (Phi) is 5.52. The molecule has 122 valence electrons. The van der Waals surface area contributed by atoms with Crippen LogP contribution in [0.2, 0.25) is 0 Å². The minimum Gasteiger partial charge on any atom is -0.342 e. The zero-order valence-corrected chi connectivity index (χ0v) is 13.5. The Morgan fingerprint density at radius 1 is 1.23 bits per heavy atom. The van der Waals surface area contributed by atoms with E-state index in [2.05, 4.69) is 4.72 Å². The van der Waals surface area contributed by atoms with Gasteiger partial charge in [-0.25, -0.2) is 17.5 Å². The predicted octanol–water partition coefficient (Wildman–Crippen LogP) is 1.82. The summed E-state index contributed by atoms with van der Waals surface area (Å²) in [7, 11) is -3.81. The number of sulfonamides is 1. The summed E-state index contributed by atoms with van der Waals surface area (Å²) in [6.45, 7) is 2.59. The highest BCUT2D eigenvalue weighted by atomic mass is 32.2. The van der Waals surface area contributed by atoms with Gasteiger partial charge in [-0.05, 0) is 43.5 Å². The molecule has 1 amide bonds. The molecule has 1 aliphatic rings. The molecule has 1 fully saturated rings.